The summed E-state index contributed by atoms with van der Waals surface area (Å²) in [4.78, 5) is 0. The first-order valence-electron chi connectivity index (χ1n) is 6.24. The molecule has 0 saturated carbocycles. The van der Waals surface area contributed by atoms with Crippen LogP contribution in [0.15, 0.2) is 18.2 Å². The summed E-state index contributed by atoms with van der Waals surface area (Å²) in [6.45, 7) is 5.82. The molecule has 16 heavy (non-hydrogen) atoms. The average molecular weight is 220 g/mol. The molecule has 1 aliphatic heterocycles. The fourth-order valence-corrected chi connectivity index (χ4v) is 2.27. The highest BCUT2D eigenvalue weighted by atomic mass is 16.6. The van der Waals surface area contributed by atoms with E-state index >= 15 is 0 Å². The molecule has 2 heteroatoms. The van der Waals surface area contributed by atoms with Gasteiger partial charge in [0.1, 0.15) is 13.2 Å². The Labute approximate surface area is 97.6 Å². The predicted octanol–water partition coefficient (Wildman–Crippen LogP) is 3.75. The lowest BCUT2D eigenvalue weighted by Crippen LogP contribution is -2.15. The quantitative estimate of drug-likeness (QED) is 0.769. The Balaban J connectivity index is 2.21. The molecule has 0 bridgehead atoms. The first kappa shape index (κ1) is 11.3. The highest BCUT2D eigenvalue weighted by Gasteiger charge is 2.15. The number of rotatable bonds is 4. The number of benzene rings is 1. The van der Waals surface area contributed by atoms with Gasteiger partial charge in [-0.3, -0.25) is 0 Å². The van der Waals surface area contributed by atoms with E-state index in [-0.39, 0.29) is 0 Å². The minimum Gasteiger partial charge on any atom is -0.486 e. The molecule has 0 spiro atoms. The smallest absolute Gasteiger partial charge is 0.161 e. The number of ether oxygens (including phenoxy) is 2. The molecule has 1 atom stereocenters. The minimum atomic E-state index is 0.654. The third kappa shape index (κ3) is 2.31. The van der Waals surface area contributed by atoms with Crippen LogP contribution in [-0.2, 0) is 0 Å². The molecule has 0 aliphatic carbocycles. The van der Waals surface area contributed by atoms with Gasteiger partial charge in [0.25, 0.3) is 0 Å². The zero-order valence-electron chi connectivity index (χ0n) is 10.2. The van der Waals surface area contributed by atoms with Crippen molar-refractivity contribution in [1.29, 1.82) is 0 Å². The highest BCUT2D eigenvalue weighted by Crippen LogP contribution is 2.35. The topological polar surface area (TPSA) is 18.5 Å². The molecule has 88 valence electrons. The lowest BCUT2D eigenvalue weighted by atomic mass is 9.92. The molecule has 2 rings (SSSR count). The van der Waals surface area contributed by atoms with Crippen LogP contribution in [0.2, 0.25) is 0 Å². The molecule has 0 saturated heterocycles. The molecule has 2 nitrogen and oxygen atoms in total. The minimum absolute atomic E-state index is 0.654. The maximum atomic E-state index is 5.61. The van der Waals surface area contributed by atoms with Gasteiger partial charge in [0.05, 0.1) is 0 Å². The van der Waals surface area contributed by atoms with Crippen LogP contribution in [0.25, 0.3) is 0 Å². The molecular formula is C14H20O2. The van der Waals surface area contributed by atoms with E-state index in [4.69, 9.17) is 9.47 Å². The Bertz CT molecular complexity index is 347. The van der Waals surface area contributed by atoms with E-state index in [2.05, 4.69) is 26.0 Å². The number of hydrogen-bond acceptors (Lipinski definition) is 2. The van der Waals surface area contributed by atoms with Gasteiger partial charge in [-0.25, -0.2) is 0 Å². The van der Waals surface area contributed by atoms with Crippen molar-refractivity contribution >= 4 is 0 Å². The van der Waals surface area contributed by atoms with E-state index in [0.29, 0.717) is 19.1 Å². The van der Waals surface area contributed by atoms with E-state index in [9.17, 15) is 0 Å². The molecule has 1 aromatic rings. The third-order valence-electron chi connectivity index (χ3n) is 3.17. The van der Waals surface area contributed by atoms with Crippen LogP contribution in [0, 0.1) is 0 Å². The molecule has 0 amide bonds. The van der Waals surface area contributed by atoms with Gasteiger partial charge in [-0.15, -0.1) is 0 Å². The van der Waals surface area contributed by atoms with Crippen LogP contribution in [-0.4, -0.2) is 13.2 Å². The average Bonchev–Trinajstić information content (AvgIpc) is 2.35. The van der Waals surface area contributed by atoms with Crippen molar-refractivity contribution in [2.24, 2.45) is 0 Å². The second-order valence-corrected chi connectivity index (χ2v) is 4.30. The van der Waals surface area contributed by atoms with Crippen LogP contribution >= 0.6 is 0 Å². The van der Waals surface area contributed by atoms with Gasteiger partial charge in [-0.05, 0) is 36.5 Å². The summed E-state index contributed by atoms with van der Waals surface area (Å²) in [5.41, 5.74) is 1.38. The maximum absolute atomic E-state index is 5.61. The van der Waals surface area contributed by atoms with Crippen molar-refractivity contribution < 1.29 is 9.47 Å². The zero-order valence-corrected chi connectivity index (χ0v) is 10.2. The van der Waals surface area contributed by atoms with Crippen LogP contribution in [0.3, 0.4) is 0 Å². The van der Waals surface area contributed by atoms with Gasteiger partial charge >= 0.3 is 0 Å². The highest BCUT2D eigenvalue weighted by molar-refractivity contribution is 5.44. The third-order valence-corrected chi connectivity index (χ3v) is 3.17. The van der Waals surface area contributed by atoms with Crippen LogP contribution in [0.5, 0.6) is 11.5 Å². The van der Waals surface area contributed by atoms with Crippen molar-refractivity contribution in [3.63, 3.8) is 0 Å². The molecule has 0 aromatic heterocycles. The van der Waals surface area contributed by atoms with E-state index in [1.807, 2.05) is 6.07 Å². The van der Waals surface area contributed by atoms with Gasteiger partial charge in [0.15, 0.2) is 11.5 Å². The van der Waals surface area contributed by atoms with Gasteiger partial charge in [-0.1, -0.05) is 26.3 Å². The molecule has 1 aliphatic rings. The summed E-state index contributed by atoms with van der Waals surface area (Å²) in [5, 5.41) is 0. The Morgan fingerprint density at radius 2 is 1.88 bits per heavy atom. The largest absolute Gasteiger partial charge is 0.486 e. The summed E-state index contributed by atoms with van der Waals surface area (Å²) < 4.78 is 11.1. The van der Waals surface area contributed by atoms with E-state index < -0.39 is 0 Å². The monoisotopic (exact) mass is 220 g/mol. The van der Waals surface area contributed by atoms with Gasteiger partial charge in [0, 0.05) is 0 Å². The van der Waals surface area contributed by atoms with E-state index in [0.717, 1.165) is 11.5 Å². The van der Waals surface area contributed by atoms with E-state index in [1.165, 1.54) is 24.8 Å². The molecule has 0 fully saturated rings. The van der Waals surface area contributed by atoms with Crippen LogP contribution in [0.4, 0.5) is 0 Å². The molecule has 1 unspecified atom stereocenters. The Morgan fingerprint density at radius 3 is 2.56 bits per heavy atom. The SMILES string of the molecule is CCCC(CC)c1ccc2c(c1)OCCO2. The second kappa shape index (κ2) is 5.24. The molecule has 1 heterocycles. The maximum Gasteiger partial charge on any atom is 0.161 e. The summed E-state index contributed by atoms with van der Waals surface area (Å²) in [6.07, 6.45) is 3.66. The fourth-order valence-electron chi connectivity index (χ4n) is 2.27. The first-order valence-corrected chi connectivity index (χ1v) is 6.24. The van der Waals surface area contributed by atoms with Crippen LogP contribution < -0.4 is 9.47 Å². The first-order chi connectivity index (χ1) is 7.85. The Hall–Kier alpha value is -1.18. The fraction of sp³-hybridized carbons (Fsp3) is 0.571. The standard InChI is InChI=1S/C14H20O2/c1-3-5-11(4-2)12-6-7-13-14(10-12)16-9-8-15-13/h6-7,10-11H,3-5,8-9H2,1-2H3. The summed E-state index contributed by atoms with van der Waals surface area (Å²) in [7, 11) is 0. The van der Waals surface area contributed by atoms with Crippen molar-refractivity contribution in [2.45, 2.75) is 39.0 Å². The summed E-state index contributed by atoms with van der Waals surface area (Å²) >= 11 is 0. The van der Waals surface area contributed by atoms with Crippen molar-refractivity contribution in [3.05, 3.63) is 23.8 Å². The molecular weight excluding hydrogens is 200 g/mol. The van der Waals surface area contributed by atoms with Crippen molar-refractivity contribution in [1.82, 2.24) is 0 Å². The van der Waals surface area contributed by atoms with Crippen LogP contribution in [0.1, 0.15) is 44.6 Å². The van der Waals surface area contributed by atoms with Gasteiger partial charge in [-0.2, -0.15) is 0 Å². The zero-order chi connectivity index (χ0) is 11.4. The lowest BCUT2D eigenvalue weighted by Gasteiger charge is -2.21. The number of hydrogen-bond donors (Lipinski definition) is 0. The van der Waals surface area contributed by atoms with Gasteiger partial charge in [0.2, 0.25) is 0 Å². The second-order valence-electron chi connectivity index (χ2n) is 4.30. The number of fused-ring (bicyclic) bond motifs is 1. The molecule has 1 aromatic carbocycles. The predicted molar refractivity (Wildman–Crippen MR) is 65.4 cm³/mol. The summed E-state index contributed by atoms with van der Waals surface area (Å²) in [5.74, 6) is 2.46. The van der Waals surface area contributed by atoms with Crippen molar-refractivity contribution in [2.75, 3.05) is 13.2 Å². The Morgan fingerprint density at radius 1 is 1.12 bits per heavy atom. The van der Waals surface area contributed by atoms with Crippen molar-refractivity contribution in [3.8, 4) is 11.5 Å². The molecule has 0 radical (unpaired) electrons. The normalized spacial score (nSPS) is 15.9. The van der Waals surface area contributed by atoms with Gasteiger partial charge < -0.3 is 9.47 Å². The molecule has 0 N–H and O–H groups in total. The van der Waals surface area contributed by atoms with E-state index in [1.54, 1.807) is 0 Å². The summed E-state index contributed by atoms with van der Waals surface area (Å²) in [6, 6.07) is 6.37. The lowest BCUT2D eigenvalue weighted by molar-refractivity contribution is 0.171. The Kier molecular flexibility index (Phi) is 3.70.